The van der Waals surface area contributed by atoms with Crippen molar-refractivity contribution in [3.8, 4) is 17.2 Å². The summed E-state index contributed by atoms with van der Waals surface area (Å²) in [4.78, 5) is 17.4. The molecule has 0 bridgehead atoms. The zero-order valence-electron chi connectivity index (χ0n) is 10.5. The molecule has 0 amide bonds. The Balaban J connectivity index is 1.83. The molecule has 2 N–H and O–H groups in total. The second-order valence-corrected chi connectivity index (χ2v) is 4.10. The van der Waals surface area contributed by atoms with Crippen LogP contribution in [0.15, 0.2) is 51.0 Å². The van der Waals surface area contributed by atoms with Crippen molar-refractivity contribution >= 4 is 6.21 Å². The minimum atomic E-state index is -0.589. The summed E-state index contributed by atoms with van der Waals surface area (Å²) in [5, 5.41) is 12.9. The zero-order chi connectivity index (χ0) is 14.8. The topological polar surface area (TPSA) is 96.4 Å². The van der Waals surface area contributed by atoms with Gasteiger partial charge in [0.05, 0.1) is 12.4 Å². The van der Waals surface area contributed by atoms with E-state index in [4.69, 9.17) is 9.52 Å². The number of H-pyrrole nitrogens is 1. The van der Waals surface area contributed by atoms with Crippen LogP contribution in [0.1, 0.15) is 5.89 Å². The van der Waals surface area contributed by atoms with E-state index < -0.39 is 5.69 Å². The molecule has 0 saturated heterocycles. The normalized spacial score (nSPS) is 11.3. The number of aromatic hydroxyl groups is 1. The summed E-state index contributed by atoms with van der Waals surface area (Å²) in [6.45, 7) is 0. The Kier molecular flexibility index (Phi) is 3.11. The largest absolute Gasteiger partial charge is 0.493 e. The second kappa shape index (κ2) is 5.08. The predicted molar refractivity (Wildman–Crippen MR) is 71.6 cm³/mol. The Bertz CT molecular complexity index is 845. The standard InChI is InChI=1S/C13H9FN4O3/c14-9-3-1-8(2-4-9)10-5-15-12(21-10)6-16-18-7-11(19)17-13(18)20/h1-7,19H,(H,17,20). The van der Waals surface area contributed by atoms with Gasteiger partial charge in [-0.2, -0.15) is 9.78 Å². The molecule has 0 atom stereocenters. The number of nitrogens with zero attached hydrogens (tertiary/aromatic N) is 3. The molecule has 0 aliphatic rings. The van der Waals surface area contributed by atoms with Crippen LogP contribution in [0.25, 0.3) is 11.3 Å². The maximum Gasteiger partial charge on any atom is 0.349 e. The van der Waals surface area contributed by atoms with E-state index in [2.05, 4.69) is 15.1 Å². The lowest BCUT2D eigenvalue weighted by Gasteiger charge is -1.94. The van der Waals surface area contributed by atoms with E-state index in [0.29, 0.717) is 11.3 Å². The van der Waals surface area contributed by atoms with Gasteiger partial charge in [-0.25, -0.2) is 14.2 Å². The number of hydrogen-bond acceptors (Lipinski definition) is 5. The minimum Gasteiger partial charge on any atom is -0.493 e. The first-order valence-corrected chi connectivity index (χ1v) is 5.88. The van der Waals surface area contributed by atoms with E-state index in [1.54, 1.807) is 12.1 Å². The van der Waals surface area contributed by atoms with Crippen molar-refractivity contribution in [3.05, 3.63) is 58.9 Å². The van der Waals surface area contributed by atoms with Gasteiger partial charge in [0.2, 0.25) is 11.8 Å². The molecule has 2 aromatic heterocycles. The molecule has 1 aromatic carbocycles. The zero-order valence-corrected chi connectivity index (χ0v) is 10.5. The van der Waals surface area contributed by atoms with Crippen LogP contribution in [0.5, 0.6) is 5.88 Å². The van der Waals surface area contributed by atoms with E-state index in [1.807, 2.05) is 0 Å². The lowest BCUT2D eigenvalue weighted by molar-refractivity contribution is 0.455. The van der Waals surface area contributed by atoms with Gasteiger partial charge in [-0.1, -0.05) is 0 Å². The fraction of sp³-hybridized carbons (Fsp3) is 0. The molecule has 7 nitrogen and oxygen atoms in total. The Morgan fingerprint density at radius 1 is 1.38 bits per heavy atom. The van der Waals surface area contributed by atoms with Crippen LogP contribution in [0.3, 0.4) is 0 Å². The van der Waals surface area contributed by atoms with Crippen LogP contribution in [0, 0.1) is 5.82 Å². The number of oxazole rings is 1. The maximum absolute atomic E-state index is 12.8. The summed E-state index contributed by atoms with van der Waals surface area (Å²) in [6, 6.07) is 5.75. The summed E-state index contributed by atoms with van der Waals surface area (Å²) in [7, 11) is 0. The van der Waals surface area contributed by atoms with E-state index >= 15 is 0 Å². The number of benzene rings is 1. The van der Waals surface area contributed by atoms with Crippen LogP contribution in [0.4, 0.5) is 4.39 Å². The van der Waals surface area contributed by atoms with E-state index in [0.717, 1.165) is 10.9 Å². The molecule has 0 aliphatic carbocycles. The Morgan fingerprint density at radius 3 is 2.81 bits per heavy atom. The SMILES string of the molecule is O=c1[nH]c(O)cn1N=Cc1ncc(-c2ccc(F)cc2)o1. The molecule has 3 aromatic rings. The first-order valence-electron chi connectivity index (χ1n) is 5.88. The summed E-state index contributed by atoms with van der Waals surface area (Å²) >= 11 is 0. The van der Waals surface area contributed by atoms with Crippen molar-refractivity contribution in [1.29, 1.82) is 0 Å². The average molecular weight is 288 g/mol. The van der Waals surface area contributed by atoms with Gasteiger partial charge in [0.25, 0.3) is 0 Å². The maximum atomic E-state index is 12.8. The molecule has 0 unspecified atom stereocenters. The Morgan fingerprint density at radius 2 is 2.14 bits per heavy atom. The molecule has 21 heavy (non-hydrogen) atoms. The lowest BCUT2D eigenvalue weighted by Crippen LogP contribution is -2.11. The quantitative estimate of drug-likeness (QED) is 0.715. The monoisotopic (exact) mass is 288 g/mol. The molecule has 8 heteroatoms. The van der Waals surface area contributed by atoms with Gasteiger partial charge in [-0.3, -0.25) is 4.98 Å². The molecule has 0 aliphatic heterocycles. The van der Waals surface area contributed by atoms with Crippen LogP contribution < -0.4 is 5.69 Å². The smallest absolute Gasteiger partial charge is 0.349 e. The fourth-order valence-electron chi connectivity index (χ4n) is 1.67. The van der Waals surface area contributed by atoms with Crippen molar-refractivity contribution in [2.75, 3.05) is 0 Å². The Hall–Kier alpha value is -3.16. The molecule has 2 heterocycles. The van der Waals surface area contributed by atoms with Crippen LogP contribution in [0.2, 0.25) is 0 Å². The molecule has 0 saturated carbocycles. The number of hydrogen-bond donors (Lipinski definition) is 2. The molecular weight excluding hydrogens is 279 g/mol. The van der Waals surface area contributed by atoms with Crippen LogP contribution >= 0.6 is 0 Å². The molecule has 106 valence electrons. The first kappa shape index (κ1) is 12.9. The summed E-state index contributed by atoms with van der Waals surface area (Å²) in [5.41, 5.74) is 0.0778. The van der Waals surface area contributed by atoms with Crippen LogP contribution in [-0.2, 0) is 0 Å². The Labute approximate surface area is 117 Å². The van der Waals surface area contributed by atoms with Gasteiger partial charge >= 0.3 is 5.69 Å². The fourth-order valence-corrected chi connectivity index (χ4v) is 1.67. The highest BCUT2D eigenvalue weighted by molar-refractivity contribution is 5.74. The molecule has 0 fully saturated rings. The van der Waals surface area contributed by atoms with E-state index in [9.17, 15) is 9.18 Å². The number of imidazole rings is 1. The van der Waals surface area contributed by atoms with E-state index in [1.165, 1.54) is 24.5 Å². The number of rotatable bonds is 3. The molecule has 0 spiro atoms. The van der Waals surface area contributed by atoms with Crippen LogP contribution in [-0.4, -0.2) is 26.0 Å². The van der Waals surface area contributed by atoms with Gasteiger partial charge in [0, 0.05) is 5.56 Å². The number of halogens is 1. The van der Waals surface area contributed by atoms with Gasteiger partial charge in [0.15, 0.2) is 5.76 Å². The highest BCUT2D eigenvalue weighted by Gasteiger charge is 2.05. The van der Waals surface area contributed by atoms with Crippen molar-refractivity contribution in [3.63, 3.8) is 0 Å². The molecule has 0 radical (unpaired) electrons. The summed E-state index contributed by atoms with van der Waals surface area (Å²) in [6.07, 6.45) is 3.80. The van der Waals surface area contributed by atoms with Crippen molar-refractivity contribution in [2.24, 2.45) is 5.10 Å². The highest BCUT2D eigenvalue weighted by atomic mass is 19.1. The third-order valence-electron chi connectivity index (χ3n) is 2.63. The number of aromatic amines is 1. The average Bonchev–Trinajstić information content (AvgIpc) is 3.04. The number of nitrogens with one attached hydrogen (secondary N) is 1. The van der Waals surface area contributed by atoms with Crippen molar-refractivity contribution < 1.29 is 13.9 Å². The lowest BCUT2D eigenvalue weighted by atomic mass is 10.2. The number of aromatic nitrogens is 3. The predicted octanol–water partition coefficient (Wildman–Crippen LogP) is 1.56. The molecular formula is C13H9FN4O3. The highest BCUT2D eigenvalue weighted by Crippen LogP contribution is 2.19. The third-order valence-corrected chi connectivity index (χ3v) is 2.63. The minimum absolute atomic E-state index is 0.168. The summed E-state index contributed by atoms with van der Waals surface area (Å²) in [5.74, 6) is -0.0223. The first-order chi connectivity index (χ1) is 10.1. The van der Waals surface area contributed by atoms with Gasteiger partial charge in [-0.05, 0) is 24.3 Å². The van der Waals surface area contributed by atoms with E-state index in [-0.39, 0.29) is 17.6 Å². The van der Waals surface area contributed by atoms with Gasteiger partial charge in [0.1, 0.15) is 12.0 Å². The third kappa shape index (κ3) is 2.73. The van der Waals surface area contributed by atoms with Crippen molar-refractivity contribution in [1.82, 2.24) is 14.6 Å². The van der Waals surface area contributed by atoms with Gasteiger partial charge in [-0.15, -0.1) is 0 Å². The molecule has 3 rings (SSSR count). The second-order valence-electron chi connectivity index (χ2n) is 4.10. The summed E-state index contributed by atoms with van der Waals surface area (Å²) < 4.78 is 19.1. The van der Waals surface area contributed by atoms with Gasteiger partial charge < -0.3 is 9.52 Å². The van der Waals surface area contributed by atoms with Crippen molar-refractivity contribution in [2.45, 2.75) is 0 Å².